The molecule has 0 spiro atoms. The summed E-state index contributed by atoms with van der Waals surface area (Å²) in [6, 6.07) is 0.554. The second-order valence-corrected chi connectivity index (χ2v) is 4.40. The van der Waals surface area contributed by atoms with Gasteiger partial charge in [0.2, 0.25) is 0 Å². The molecule has 1 aromatic heterocycles. The molecule has 0 aromatic carbocycles. The van der Waals surface area contributed by atoms with Crippen molar-refractivity contribution in [2.24, 2.45) is 5.84 Å². The molecule has 1 aliphatic heterocycles. The third-order valence-corrected chi connectivity index (χ3v) is 3.19. The van der Waals surface area contributed by atoms with Gasteiger partial charge < -0.3 is 10.3 Å². The van der Waals surface area contributed by atoms with E-state index in [1.165, 1.54) is 12.8 Å². The topological polar surface area (TPSA) is 67.1 Å². The number of rotatable bonds is 2. The summed E-state index contributed by atoms with van der Waals surface area (Å²) in [4.78, 5) is 11.1. The number of nitrogens with two attached hydrogens (primary N) is 1. The SMILES string of the molecule is Cc1nc(NN)c(C)c(N2CCCC2C)n1. The maximum absolute atomic E-state index is 5.46. The van der Waals surface area contributed by atoms with Crippen LogP contribution in [0, 0.1) is 13.8 Å². The van der Waals surface area contributed by atoms with Crippen molar-refractivity contribution >= 4 is 11.6 Å². The first-order valence-corrected chi connectivity index (χ1v) is 5.72. The molecule has 0 bridgehead atoms. The zero-order valence-corrected chi connectivity index (χ0v) is 10.1. The predicted octanol–water partition coefficient (Wildman–Crippen LogP) is 1.37. The number of hydrazine groups is 1. The molecule has 0 aliphatic carbocycles. The Balaban J connectivity index is 2.43. The van der Waals surface area contributed by atoms with E-state index < -0.39 is 0 Å². The van der Waals surface area contributed by atoms with Crippen molar-refractivity contribution in [3.8, 4) is 0 Å². The fraction of sp³-hybridized carbons (Fsp3) is 0.636. The maximum atomic E-state index is 5.46. The summed E-state index contributed by atoms with van der Waals surface area (Å²) in [6.07, 6.45) is 2.46. The molecule has 1 atom stereocenters. The Kier molecular flexibility index (Phi) is 2.96. The second-order valence-electron chi connectivity index (χ2n) is 4.40. The van der Waals surface area contributed by atoms with Crippen LogP contribution in [0.1, 0.15) is 31.2 Å². The van der Waals surface area contributed by atoms with E-state index in [-0.39, 0.29) is 0 Å². The molecule has 5 heteroatoms. The van der Waals surface area contributed by atoms with Crippen LogP contribution in [0.15, 0.2) is 0 Å². The first kappa shape index (κ1) is 11.1. The van der Waals surface area contributed by atoms with E-state index in [1.807, 2.05) is 13.8 Å². The fourth-order valence-electron chi connectivity index (χ4n) is 2.28. The number of nitrogens with zero attached hydrogens (tertiary/aromatic N) is 3. The largest absolute Gasteiger partial charge is 0.354 e. The zero-order chi connectivity index (χ0) is 11.7. The molecule has 5 nitrogen and oxygen atoms in total. The maximum Gasteiger partial charge on any atom is 0.148 e. The van der Waals surface area contributed by atoms with Crippen LogP contribution in [0.5, 0.6) is 0 Å². The second kappa shape index (κ2) is 4.25. The summed E-state index contributed by atoms with van der Waals surface area (Å²) in [7, 11) is 0. The van der Waals surface area contributed by atoms with Gasteiger partial charge in [0, 0.05) is 18.2 Å². The van der Waals surface area contributed by atoms with Crippen LogP contribution in [0.2, 0.25) is 0 Å². The molecule has 1 fully saturated rings. The predicted molar refractivity (Wildman–Crippen MR) is 65.4 cm³/mol. The lowest BCUT2D eigenvalue weighted by Gasteiger charge is -2.25. The lowest BCUT2D eigenvalue weighted by Crippen LogP contribution is -2.29. The Bertz CT molecular complexity index is 390. The quantitative estimate of drug-likeness (QED) is 0.583. The highest BCUT2D eigenvalue weighted by molar-refractivity contribution is 5.59. The van der Waals surface area contributed by atoms with Crippen molar-refractivity contribution in [2.75, 3.05) is 16.9 Å². The van der Waals surface area contributed by atoms with Crippen LogP contribution in [0.4, 0.5) is 11.6 Å². The molecule has 1 unspecified atom stereocenters. The van der Waals surface area contributed by atoms with Crippen molar-refractivity contribution in [1.29, 1.82) is 0 Å². The number of aromatic nitrogens is 2. The lowest BCUT2D eigenvalue weighted by atomic mass is 10.2. The molecule has 16 heavy (non-hydrogen) atoms. The highest BCUT2D eigenvalue weighted by Crippen LogP contribution is 2.29. The Morgan fingerprint density at radius 3 is 2.69 bits per heavy atom. The summed E-state index contributed by atoms with van der Waals surface area (Å²) in [5.41, 5.74) is 3.67. The van der Waals surface area contributed by atoms with E-state index >= 15 is 0 Å². The van der Waals surface area contributed by atoms with Crippen molar-refractivity contribution in [3.63, 3.8) is 0 Å². The average molecular weight is 221 g/mol. The average Bonchev–Trinajstić information content (AvgIpc) is 2.67. The molecule has 2 heterocycles. The third-order valence-electron chi connectivity index (χ3n) is 3.19. The fourth-order valence-corrected chi connectivity index (χ4v) is 2.28. The Labute approximate surface area is 96.0 Å². The summed E-state index contributed by atoms with van der Waals surface area (Å²) in [5.74, 6) is 7.96. The van der Waals surface area contributed by atoms with Crippen LogP contribution < -0.4 is 16.2 Å². The van der Waals surface area contributed by atoms with E-state index in [4.69, 9.17) is 5.84 Å². The smallest absolute Gasteiger partial charge is 0.148 e. The molecule has 88 valence electrons. The van der Waals surface area contributed by atoms with Gasteiger partial charge >= 0.3 is 0 Å². The highest BCUT2D eigenvalue weighted by atomic mass is 15.3. The molecule has 0 amide bonds. The van der Waals surface area contributed by atoms with Gasteiger partial charge in [-0.15, -0.1) is 0 Å². The first-order chi connectivity index (χ1) is 7.63. The number of nitrogen functional groups attached to an aromatic ring is 1. The molecule has 3 N–H and O–H groups in total. The number of hydrogen-bond acceptors (Lipinski definition) is 5. The number of anilines is 2. The van der Waals surface area contributed by atoms with E-state index in [0.717, 1.165) is 29.6 Å². The summed E-state index contributed by atoms with van der Waals surface area (Å²) in [5, 5.41) is 0. The molecular weight excluding hydrogens is 202 g/mol. The van der Waals surface area contributed by atoms with Gasteiger partial charge in [-0.3, -0.25) is 0 Å². The molecule has 1 saturated heterocycles. The summed E-state index contributed by atoms with van der Waals surface area (Å²) >= 11 is 0. The number of nitrogens with one attached hydrogen (secondary N) is 1. The molecule has 1 aromatic rings. The van der Waals surface area contributed by atoms with Crippen LogP contribution in [-0.2, 0) is 0 Å². The normalized spacial score (nSPS) is 20.2. The van der Waals surface area contributed by atoms with E-state index in [9.17, 15) is 0 Å². The molecule has 1 aliphatic rings. The van der Waals surface area contributed by atoms with Crippen LogP contribution in [0.3, 0.4) is 0 Å². The van der Waals surface area contributed by atoms with Crippen molar-refractivity contribution in [2.45, 2.75) is 39.7 Å². The Morgan fingerprint density at radius 1 is 1.38 bits per heavy atom. The zero-order valence-electron chi connectivity index (χ0n) is 10.1. The molecular formula is C11H19N5. The highest BCUT2D eigenvalue weighted by Gasteiger charge is 2.24. The Hall–Kier alpha value is -1.36. The summed E-state index contributed by atoms with van der Waals surface area (Å²) in [6.45, 7) is 7.21. The van der Waals surface area contributed by atoms with Crippen LogP contribution in [0.25, 0.3) is 0 Å². The standard InChI is InChI=1S/C11H19N5/c1-7-5-4-6-16(7)11-8(2)10(15-12)13-9(3)14-11/h7H,4-6,12H2,1-3H3,(H,13,14,15). The molecule has 0 radical (unpaired) electrons. The monoisotopic (exact) mass is 221 g/mol. The van der Waals surface area contributed by atoms with Crippen LogP contribution in [-0.4, -0.2) is 22.6 Å². The van der Waals surface area contributed by atoms with Gasteiger partial charge in [0.15, 0.2) is 0 Å². The third kappa shape index (κ3) is 1.82. The minimum Gasteiger partial charge on any atom is -0.354 e. The number of aryl methyl sites for hydroxylation is 1. The van der Waals surface area contributed by atoms with Gasteiger partial charge in [0.1, 0.15) is 17.5 Å². The van der Waals surface area contributed by atoms with Gasteiger partial charge in [-0.1, -0.05) is 0 Å². The first-order valence-electron chi connectivity index (χ1n) is 5.72. The minimum atomic E-state index is 0.554. The molecule has 2 rings (SSSR count). The lowest BCUT2D eigenvalue weighted by molar-refractivity contribution is 0.722. The van der Waals surface area contributed by atoms with Crippen molar-refractivity contribution < 1.29 is 0 Å². The van der Waals surface area contributed by atoms with Crippen molar-refractivity contribution in [1.82, 2.24) is 9.97 Å². The van der Waals surface area contributed by atoms with Gasteiger partial charge in [0.05, 0.1) is 0 Å². The molecule has 0 saturated carbocycles. The van der Waals surface area contributed by atoms with E-state index in [1.54, 1.807) is 0 Å². The van der Waals surface area contributed by atoms with Gasteiger partial charge in [-0.2, -0.15) is 0 Å². The summed E-state index contributed by atoms with van der Waals surface area (Å²) < 4.78 is 0. The Morgan fingerprint density at radius 2 is 2.12 bits per heavy atom. The van der Waals surface area contributed by atoms with Gasteiger partial charge in [0.25, 0.3) is 0 Å². The minimum absolute atomic E-state index is 0.554. The van der Waals surface area contributed by atoms with Gasteiger partial charge in [-0.05, 0) is 33.6 Å². The van der Waals surface area contributed by atoms with E-state index in [2.05, 4.69) is 27.2 Å². The number of hydrogen-bond donors (Lipinski definition) is 2. The van der Waals surface area contributed by atoms with Crippen LogP contribution >= 0.6 is 0 Å². The van der Waals surface area contributed by atoms with Crippen molar-refractivity contribution in [3.05, 3.63) is 11.4 Å². The van der Waals surface area contributed by atoms with Gasteiger partial charge in [-0.25, -0.2) is 15.8 Å². The van der Waals surface area contributed by atoms with E-state index in [0.29, 0.717) is 6.04 Å².